The van der Waals surface area contributed by atoms with Gasteiger partial charge < -0.3 is 9.73 Å². The molecule has 3 aromatic rings. The molecular weight excluding hydrogens is 350 g/mol. The number of hydrogen-bond acceptors (Lipinski definition) is 5. The Hall–Kier alpha value is -2.55. The van der Waals surface area contributed by atoms with E-state index in [0.717, 1.165) is 11.0 Å². The van der Waals surface area contributed by atoms with Crippen molar-refractivity contribution in [1.82, 2.24) is 15.5 Å². The number of hydrogen-bond donors (Lipinski definition) is 2. The summed E-state index contributed by atoms with van der Waals surface area (Å²) in [6.45, 7) is 0.196. The maximum absolute atomic E-state index is 12.8. The van der Waals surface area contributed by atoms with E-state index in [1.54, 1.807) is 0 Å². The van der Waals surface area contributed by atoms with Crippen molar-refractivity contribution in [3.63, 3.8) is 0 Å². The zero-order valence-corrected chi connectivity index (χ0v) is 13.8. The first kappa shape index (κ1) is 15.9. The van der Waals surface area contributed by atoms with Gasteiger partial charge in [0, 0.05) is 24.3 Å². The Morgan fingerprint density at radius 1 is 1.36 bits per heavy atom. The zero-order valence-electron chi connectivity index (χ0n) is 13.0. The van der Waals surface area contributed by atoms with E-state index >= 15 is 0 Å². The van der Waals surface area contributed by atoms with Crippen LogP contribution in [0.3, 0.4) is 0 Å². The van der Waals surface area contributed by atoms with E-state index in [0.29, 0.717) is 15.9 Å². The van der Waals surface area contributed by atoms with Crippen molar-refractivity contribution in [1.29, 1.82) is 0 Å². The van der Waals surface area contributed by atoms with E-state index in [-0.39, 0.29) is 19.4 Å². The van der Waals surface area contributed by atoms with Gasteiger partial charge >= 0.3 is 6.03 Å². The third-order valence-corrected chi connectivity index (χ3v) is 4.87. The fourth-order valence-electron chi connectivity index (χ4n) is 2.54. The van der Waals surface area contributed by atoms with E-state index in [9.17, 15) is 13.6 Å². The monoisotopic (exact) mass is 364 g/mol. The molecule has 25 heavy (non-hydrogen) atoms. The van der Waals surface area contributed by atoms with Crippen LogP contribution in [0, 0.1) is 5.92 Å². The molecule has 1 aliphatic carbocycles. The maximum Gasteiger partial charge on any atom is 0.321 e. The molecule has 1 aromatic carbocycles. The molecule has 4 rings (SSSR count). The van der Waals surface area contributed by atoms with E-state index in [2.05, 4.69) is 20.8 Å². The molecule has 1 atom stereocenters. The Balaban J connectivity index is 1.34. The third-order valence-electron chi connectivity index (χ3n) is 4.02. The second kappa shape index (κ2) is 6.07. The summed E-state index contributed by atoms with van der Waals surface area (Å²) in [5.41, 5.74) is 0.747. The number of para-hydroxylation sites is 1. The second-order valence-corrected chi connectivity index (χ2v) is 6.87. The van der Waals surface area contributed by atoms with Gasteiger partial charge in [0.2, 0.25) is 5.13 Å². The standard InChI is InChI=1S/C16H14F2N4O2S/c17-16(18)8-10(16)5-6-19-14(23)20-15-22-21-13(25-15)12-7-9-3-1-2-4-11(9)24-12/h1-4,7,10H,5-6,8H2,(H2,19,20,22,23). The summed E-state index contributed by atoms with van der Waals surface area (Å²) in [4.78, 5) is 11.8. The number of amides is 2. The lowest BCUT2D eigenvalue weighted by atomic mass is 10.2. The predicted molar refractivity (Wildman–Crippen MR) is 89.8 cm³/mol. The first-order valence-electron chi connectivity index (χ1n) is 7.76. The van der Waals surface area contributed by atoms with Crippen LogP contribution >= 0.6 is 11.3 Å². The average molecular weight is 364 g/mol. The summed E-state index contributed by atoms with van der Waals surface area (Å²) in [6, 6.07) is 8.95. The largest absolute Gasteiger partial charge is 0.453 e. The van der Waals surface area contributed by atoms with Gasteiger partial charge in [-0.25, -0.2) is 13.6 Å². The average Bonchev–Trinajstić information content (AvgIpc) is 2.98. The van der Waals surface area contributed by atoms with Crippen molar-refractivity contribution in [3.8, 4) is 10.8 Å². The van der Waals surface area contributed by atoms with Crippen LogP contribution < -0.4 is 10.6 Å². The van der Waals surface area contributed by atoms with Gasteiger partial charge in [-0.2, -0.15) is 0 Å². The number of aromatic nitrogens is 2. The smallest absolute Gasteiger partial charge is 0.321 e. The number of anilines is 1. The van der Waals surface area contributed by atoms with Gasteiger partial charge in [0.15, 0.2) is 10.8 Å². The van der Waals surface area contributed by atoms with E-state index in [1.807, 2.05) is 30.3 Å². The van der Waals surface area contributed by atoms with Crippen LogP contribution in [-0.2, 0) is 0 Å². The summed E-state index contributed by atoms with van der Waals surface area (Å²) in [5, 5.41) is 14.8. The van der Waals surface area contributed by atoms with Crippen molar-refractivity contribution in [3.05, 3.63) is 30.3 Å². The van der Waals surface area contributed by atoms with Crippen LogP contribution in [0.5, 0.6) is 0 Å². The molecule has 0 radical (unpaired) electrons. The Labute approximate surface area is 145 Å². The van der Waals surface area contributed by atoms with Crippen molar-refractivity contribution in [2.45, 2.75) is 18.8 Å². The summed E-state index contributed by atoms with van der Waals surface area (Å²) in [7, 11) is 0. The lowest BCUT2D eigenvalue weighted by molar-refractivity contribution is 0.0971. The van der Waals surface area contributed by atoms with Crippen molar-refractivity contribution >= 4 is 33.5 Å². The van der Waals surface area contributed by atoms with E-state index in [1.165, 1.54) is 11.3 Å². The molecule has 130 valence electrons. The third kappa shape index (κ3) is 3.46. The van der Waals surface area contributed by atoms with E-state index in [4.69, 9.17) is 4.42 Å². The van der Waals surface area contributed by atoms with Crippen molar-refractivity contribution in [2.75, 3.05) is 11.9 Å². The number of furan rings is 1. The van der Waals surface area contributed by atoms with Gasteiger partial charge in [0.1, 0.15) is 5.58 Å². The molecule has 0 bridgehead atoms. The molecule has 0 aliphatic heterocycles. The highest BCUT2D eigenvalue weighted by Crippen LogP contribution is 2.50. The minimum Gasteiger partial charge on any atom is -0.453 e. The molecule has 6 nitrogen and oxygen atoms in total. The number of rotatable bonds is 5. The molecule has 0 saturated heterocycles. The molecule has 1 unspecified atom stereocenters. The Bertz CT molecular complexity index is 891. The highest BCUT2D eigenvalue weighted by molar-refractivity contribution is 7.18. The van der Waals surface area contributed by atoms with Gasteiger partial charge in [-0.15, -0.1) is 10.2 Å². The number of halogens is 2. The van der Waals surface area contributed by atoms with Crippen molar-refractivity contribution in [2.24, 2.45) is 5.92 Å². The molecule has 2 N–H and O–H groups in total. The van der Waals surface area contributed by atoms with Gasteiger partial charge in [-0.3, -0.25) is 5.32 Å². The number of nitrogens with zero attached hydrogens (tertiary/aromatic N) is 2. The van der Waals surface area contributed by atoms with Crippen molar-refractivity contribution < 1.29 is 18.0 Å². The van der Waals surface area contributed by atoms with Gasteiger partial charge in [0.25, 0.3) is 5.92 Å². The number of urea groups is 1. The van der Waals surface area contributed by atoms with Crippen LogP contribution in [0.4, 0.5) is 18.7 Å². The molecule has 1 aliphatic rings. The van der Waals surface area contributed by atoms with Gasteiger partial charge in [0.05, 0.1) is 0 Å². The van der Waals surface area contributed by atoms with Crippen LogP contribution in [0.15, 0.2) is 34.7 Å². The SMILES string of the molecule is O=C(NCCC1CC1(F)F)Nc1nnc(-c2cc3ccccc3o2)s1. The molecule has 2 aromatic heterocycles. The highest BCUT2D eigenvalue weighted by Gasteiger charge is 2.55. The molecule has 1 fully saturated rings. The minimum atomic E-state index is -2.56. The number of alkyl halides is 2. The van der Waals surface area contributed by atoms with Crippen LogP contribution in [0.2, 0.25) is 0 Å². The van der Waals surface area contributed by atoms with Gasteiger partial charge in [-0.05, 0) is 18.6 Å². The number of carbonyl (C=O) groups is 1. The minimum absolute atomic E-state index is 0.0897. The Morgan fingerprint density at radius 2 is 2.16 bits per heavy atom. The summed E-state index contributed by atoms with van der Waals surface area (Å²) >= 11 is 1.17. The fraction of sp³-hybridized carbons (Fsp3) is 0.312. The summed E-state index contributed by atoms with van der Waals surface area (Å²) in [6.07, 6.45) is 0.175. The molecule has 0 spiro atoms. The van der Waals surface area contributed by atoms with Crippen LogP contribution in [-0.4, -0.2) is 28.7 Å². The fourth-order valence-corrected chi connectivity index (χ4v) is 3.24. The number of benzene rings is 1. The summed E-state index contributed by atoms with van der Waals surface area (Å²) < 4.78 is 31.2. The zero-order chi connectivity index (χ0) is 17.4. The summed E-state index contributed by atoms with van der Waals surface area (Å²) in [5.74, 6) is -2.60. The molecule has 2 heterocycles. The Kier molecular flexibility index (Phi) is 3.87. The second-order valence-electron chi connectivity index (χ2n) is 5.89. The Morgan fingerprint density at radius 3 is 2.92 bits per heavy atom. The molecule has 2 amide bonds. The van der Waals surface area contributed by atoms with Crippen LogP contribution in [0.25, 0.3) is 21.7 Å². The molecular formula is C16H14F2N4O2S. The first-order chi connectivity index (χ1) is 12.0. The number of fused-ring (bicyclic) bond motifs is 1. The lowest BCUT2D eigenvalue weighted by Gasteiger charge is -2.04. The molecule has 1 saturated carbocycles. The predicted octanol–water partition coefficient (Wildman–Crippen LogP) is 4.12. The normalized spacial score (nSPS) is 18.2. The topological polar surface area (TPSA) is 80.0 Å². The molecule has 9 heteroatoms. The van der Waals surface area contributed by atoms with Gasteiger partial charge in [-0.1, -0.05) is 29.5 Å². The van der Waals surface area contributed by atoms with E-state index < -0.39 is 17.9 Å². The quantitative estimate of drug-likeness (QED) is 0.714. The van der Waals surface area contributed by atoms with Crippen LogP contribution in [0.1, 0.15) is 12.8 Å². The number of nitrogens with one attached hydrogen (secondary N) is 2. The first-order valence-corrected chi connectivity index (χ1v) is 8.58. The maximum atomic E-state index is 12.8. The lowest BCUT2D eigenvalue weighted by Crippen LogP contribution is -2.29. The number of carbonyl (C=O) groups excluding carboxylic acids is 1. The highest BCUT2D eigenvalue weighted by atomic mass is 32.1.